The summed E-state index contributed by atoms with van der Waals surface area (Å²) in [4.78, 5) is 17.1. The van der Waals surface area contributed by atoms with Gasteiger partial charge in [-0.05, 0) is 12.1 Å². The number of thioether (sulfide) groups is 1. The molecule has 3 aromatic rings. The molecule has 0 bridgehead atoms. The van der Waals surface area contributed by atoms with Gasteiger partial charge in [0.25, 0.3) is 0 Å². The second kappa shape index (κ2) is 10.5. The van der Waals surface area contributed by atoms with Crippen LogP contribution in [0.1, 0.15) is 0 Å². The third-order valence-electron chi connectivity index (χ3n) is 5.35. The number of hydrogen-bond acceptors (Lipinski definition) is 6. The van der Waals surface area contributed by atoms with Gasteiger partial charge in [-0.1, -0.05) is 60.3 Å². The van der Waals surface area contributed by atoms with Crippen molar-refractivity contribution in [1.82, 2.24) is 19.7 Å². The number of benzene rings is 2. The minimum Gasteiger partial charge on any atom is -0.383 e. The van der Waals surface area contributed by atoms with E-state index in [1.807, 2.05) is 58.0 Å². The molecule has 2 heterocycles. The van der Waals surface area contributed by atoms with Crippen molar-refractivity contribution in [3.05, 3.63) is 60.7 Å². The molecule has 0 saturated carbocycles. The molecule has 0 spiro atoms. The second-order valence-electron chi connectivity index (χ2n) is 7.31. The van der Waals surface area contributed by atoms with Crippen molar-refractivity contribution in [1.29, 1.82) is 0 Å². The van der Waals surface area contributed by atoms with Crippen molar-refractivity contribution in [3.8, 4) is 11.4 Å². The number of aromatic nitrogens is 3. The van der Waals surface area contributed by atoms with Gasteiger partial charge in [-0.25, -0.2) is 0 Å². The Balaban J connectivity index is 1.36. The summed E-state index contributed by atoms with van der Waals surface area (Å²) in [7, 11) is 1.68. The largest absolute Gasteiger partial charge is 0.383 e. The summed E-state index contributed by atoms with van der Waals surface area (Å²) >= 11 is 1.44. The van der Waals surface area contributed by atoms with Crippen LogP contribution >= 0.6 is 11.8 Å². The number of carbonyl (C=O) groups is 1. The van der Waals surface area contributed by atoms with Gasteiger partial charge in [0, 0.05) is 44.5 Å². The molecule has 162 valence electrons. The van der Waals surface area contributed by atoms with Crippen molar-refractivity contribution in [2.75, 3.05) is 50.5 Å². The zero-order valence-corrected chi connectivity index (χ0v) is 18.5. The van der Waals surface area contributed by atoms with Gasteiger partial charge >= 0.3 is 0 Å². The number of hydrogen-bond donors (Lipinski definition) is 0. The standard InChI is InChI=1S/C23H27N5O2S/c1-30-17-16-28-22(19-8-4-2-5-9-19)24-25-23(28)31-18-21(29)27-14-12-26(13-15-27)20-10-6-3-7-11-20/h2-11H,12-18H2,1H3. The van der Waals surface area contributed by atoms with E-state index in [2.05, 4.69) is 27.2 Å². The van der Waals surface area contributed by atoms with Crippen molar-refractivity contribution >= 4 is 23.4 Å². The number of ether oxygens (including phenoxy) is 1. The van der Waals surface area contributed by atoms with Crippen LogP contribution in [0.15, 0.2) is 65.8 Å². The fourth-order valence-corrected chi connectivity index (χ4v) is 4.52. The summed E-state index contributed by atoms with van der Waals surface area (Å²) in [6.07, 6.45) is 0. The molecule has 0 N–H and O–H groups in total. The summed E-state index contributed by atoms with van der Waals surface area (Å²) in [6.45, 7) is 4.37. The number of rotatable bonds is 8. The molecule has 1 aromatic heterocycles. The molecule has 2 aromatic carbocycles. The number of para-hydroxylation sites is 1. The van der Waals surface area contributed by atoms with Crippen LogP contribution in [0.25, 0.3) is 11.4 Å². The van der Waals surface area contributed by atoms with E-state index in [9.17, 15) is 4.79 Å². The lowest BCUT2D eigenvalue weighted by atomic mass is 10.2. The molecule has 1 fully saturated rings. The van der Waals surface area contributed by atoms with E-state index >= 15 is 0 Å². The smallest absolute Gasteiger partial charge is 0.233 e. The van der Waals surface area contributed by atoms with E-state index < -0.39 is 0 Å². The van der Waals surface area contributed by atoms with Gasteiger partial charge in [0.1, 0.15) is 0 Å². The molecule has 7 nitrogen and oxygen atoms in total. The maximum Gasteiger partial charge on any atom is 0.233 e. The molecule has 0 radical (unpaired) electrons. The summed E-state index contributed by atoms with van der Waals surface area (Å²) < 4.78 is 7.29. The number of nitrogens with zero attached hydrogens (tertiary/aromatic N) is 5. The van der Waals surface area contributed by atoms with E-state index in [1.165, 1.54) is 17.4 Å². The molecule has 4 rings (SSSR count). The van der Waals surface area contributed by atoms with Gasteiger partial charge in [-0.3, -0.25) is 9.36 Å². The maximum absolute atomic E-state index is 12.8. The molecule has 0 atom stereocenters. The average Bonchev–Trinajstić information content (AvgIpc) is 3.25. The molecule has 8 heteroatoms. The number of amides is 1. The van der Waals surface area contributed by atoms with Crippen LogP contribution in [0, 0.1) is 0 Å². The fraction of sp³-hybridized carbons (Fsp3) is 0.348. The van der Waals surface area contributed by atoms with Crippen LogP contribution in [-0.4, -0.2) is 71.2 Å². The monoisotopic (exact) mass is 437 g/mol. The minimum atomic E-state index is 0.139. The van der Waals surface area contributed by atoms with Crippen LogP contribution in [-0.2, 0) is 16.1 Å². The normalized spacial score (nSPS) is 14.1. The first kappa shape index (κ1) is 21.4. The van der Waals surface area contributed by atoms with Crippen LogP contribution in [0.5, 0.6) is 0 Å². The Kier molecular flexibility index (Phi) is 7.22. The molecule has 31 heavy (non-hydrogen) atoms. The Labute approximate surface area is 187 Å². The molecule has 1 amide bonds. The number of methoxy groups -OCH3 is 1. The maximum atomic E-state index is 12.8. The average molecular weight is 438 g/mol. The molecule has 1 aliphatic heterocycles. The summed E-state index contributed by atoms with van der Waals surface area (Å²) in [5.74, 6) is 1.29. The Hall–Kier alpha value is -2.84. The Bertz CT molecular complexity index is 972. The third-order valence-corrected chi connectivity index (χ3v) is 6.30. The molecular formula is C23H27N5O2S. The highest BCUT2D eigenvalue weighted by molar-refractivity contribution is 7.99. The van der Waals surface area contributed by atoms with E-state index in [0.717, 1.165) is 42.7 Å². The van der Waals surface area contributed by atoms with Crippen LogP contribution in [0.4, 0.5) is 5.69 Å². The minimum absolute atomic E-state index is 0.139. The SMILES string of the molecule is COCCn1c(SCC(=O)N2CCN(c3ccccc3)CC2)nnc1-c1ccccc1. The quantitative estimate of drug-likeness (QED) is 0.505. The topological polar surface area (TPSA) is 63.5 Å². The third kappa shape index (κ3) is 5.26. The van der Waals surface area contributed by atoms with Gasteiger partial charge in [-0.2, -0.15) is 0 Å². The van der Waals surface area contributed by atoms with Crippen LogP contribution in [0.2, 0.25) is 0 Å². The molecule has 0 aliphatic carbocycles. The Morgan fingerprint density at radius 1 is 0.968 bits per heavy atom. The predicted octanol–water partition coefficient (Wildman–Crippen LogP) is 3.03. The number of piperazine rings is 1. The van der Waals surface area contributed by atoms with E-state index in [0.29, 0.717) is 18.9 Å². The predicted molar refractivity (Wildman–Crippen MR) is 123 cm³/mol. The lowest BCUT2D eigenvalue weighted by Crippen LogP contribution is -2.49. The highest BCUT2D eigenvalue weighted by Crippen LogP contribution is 2.24. The van der Waals surface area contributed by atoms with Gasteiger partial charge in [0.05, 0.1) is 18.9 Å². The lowest BCUT2D eigenvalue weighted by Gasteiger charge is -2.36. The van der Waals surface area contributed by atoms with Crippen LogP contribution in [0.3, 0.4) is 0 Å². The van der Waals surface area contributed by atoms with Crippen molar-refractivity contribution in [3.63, 3.8) is 0 Å². The number of anilines is 1. The number of carbonyl (C=O) groups excluding carboxylic acids is 1. The summed E-state index contributed by atoms with van der Waals surface area (Å²) in [6, 6.07) is 20.3. The fourth-order valence-electron chi connectivity index (χ4n) is 3.65. The first-order valence-electron chi connectivity index (χ1n) is 10.4. The first-order chi connectivity index (χ1) is 15.3. The zero-order chi connectivity index (χ0) is 21.5. The van der Waals surface area contributed by atoms with Gasteiger partial charge < -0.3 is 14.5 Å². The Morgan fingerprint density at radius 2 is 1.65 bits per heavy atom. The van der Waals surface area contributed by atoms with E-state index in [4.69, 9.17) is 4.74 Å². The zero-order valence-electron chi connectivity index (χ0n) is 17.7. The molecule has 1 aliphatic rings. The summed E-state index contributed by atoms with van der Waals surface area (Å²) in [5.41, 5.74) is 2.21. The molecule has 0 unspecified atom stereocenters. The van der Waals surface area contributed by atoms with Gasteiger partial charge in [0.15, 0.2) is 11.0 Å². The van der Waals surface area contributed by atoms with E-state index in [1.54, 1.807) is 7.11 Å². The van der Waals surface area contributed by atoms with Gasteiger partial charge in [-0.15, -0.1) is 10.2 Å². The second-order valence-corrected chi connectivity index (χ2v) is 8.25. The lowest BCUT2D eigenvalue weighted by molar-refractivity contribution is -0.128. The molecule has 1 saturated heterocycles. The van der Waals surface area contributed by atoms with Crippen molar-refractivity contribution in [2.45, 2.75) is 11.7 Å². The summed E-state index contributed by atoms with van der Waals surface area (Å²) in [5, 5.41) is 9.48. The highest BCUT2D eigenvalue weighted by Gasteiger charge is 2.22. The van der Waals surface area contributed by atoms with Crippen LogP contribution < -0.4 is 4.90 Å². The van der Waals surface area contributed by atoms with Crippen molar-refractivity contribution in [2.24, 2.45) is 0 Å². The Morgan fingerprint density at radius 3 is 2.32 bits per heavy atom. The highest BCUT2D eigenvalue weighted by atomic mass is 32.2. The first-order valence-corrected chi connectivity index (χ1v) is 11.4. The van der Waals surface area contributed by atoms with Crippen molar-refractivity contribution < 1.29 is 9.53 Å². The molecular weight excluding hydrogens is 410 g/mol. The van der Waals surface area contributed by atoms with E-state index in [-0.39, 0.29) is 5.91 Å². The van der Waals surface area contributed by atoms with Gasteiger partial charge in [0.2, 0.25) is 5.91 Å².